The average Bonchev–Trinajstić information content (AvgIpc) is 3.24. The van der Waals surface area contributed by atoms with Crippen LogP contribution in [0.25, 0.3) is 0 Å². The van der Waals surface area contributed by atoms with Crippen LogP contribution in [-0.2, 0) is 9.59 Å². The summed E-state index contributed by atoms with van der Waals surface area (Å²) in [5, 5.41) is 0. The number of rotatable bonds is 3. The molecule has 0 aromatic heterocycles. The number of hydrogen-bond acceptors (Lipinski definition) is 3. The first kappa shape index (κ1) is 24.3. The minimum atomic E-state index is -0.254. The Morgan fingerprint density at radius 1 is 0.972 bits per heavy atom. The minimum Gasteiger partial charge on any atom is -0.309 e. The Hall–Kier alpha value is -2.04. The molecule has 36 heavy (non-hydrogen) atoms. The lowest BCUT2D eigenvalue weighted by Gasteiger charge is -2.56. The van der Waals surface area contributed by atoms with Gasteiger partial charge in [0.15, 0.2) is 0 Å². The molecule has 6 atom stereocenters. The molecule has 1 aromatic rings. The number of nitrogens with zero attached hydrogens (tertiary/aromatic N) is 2. The van der Waals surface area contributed by atoms with E-state index in [1.54, 1.807) is 12.1 Å². The van der Waals surface area contributed by atoms with E-state index >= 15 is 0 Å². The van der Waals surface area contributed by atoms with Gasteiger partial charge in [-0.25, -0.2) is 4.39 Å². The van der Waals surface area contributed by atoms with Crippen LogP contribution in [0.1, 0.15) is 90.9 Å². The summed E-state index contributed by atoms with van der Waals surface area (Å²) in [6.07, 6.45) is 12.1. The van der Waals surface area contributed by atoms with E-state index in [-0.39, 0.29) is 34.5 Å². The summed E-state index contributed by atoms with van der Waals surface area (Å²) < 4.78 is 13.8. The number of anilines is 1. The Kier molecular flexibility index (Phi) is 6.12. The highest BCUT2D eigenvalue weighted by molar-refractivity contribution is 6.07. The molecule has 0 saturated heterocycles. The van der Waals surface area contributed by atoms with Gasteiger partial charge in [0.25, 0.3) is 0 Å². The topological polar surface area (TPSA) is 49.7 Å². The second kappa shape index (κ2) is 9.06. The van der Waals surface area contributed by atoms with E-state index < -0.39 is 0 Å². The Morgan fingerprint density at radius 2 is 1.72 bits per heavy atom. The van der Waals surface area contributed by atoms with Crippen molar-refractivity contribution in [3.05, 3.63) is 30.1 Å². The van der Waals surface area contributed by atoms with Gasteiger partial charge in [-0.15, -0.1) is 0 Å². The third kappa shape index (κ3) is 3.79. The molecule has 0 N–H and O–H groups in total. The first-order chi connectivity index (χ1) is 17.3. The smallest absolute Gasteiger partial charge is 0.230 e. The van der Waals surface area contributed by atoms with Gasteiger partial charge in [0.2, 0.25) is 5.91 Å². The van der Waals surface area contributed by atoms with Gasteiger partial charge in [-0.1, -0.05) is 33.1 Å². The summed E-state index contributed by atoms with van der Waals surface area (Å²) in [4.78, 5) is 33.7. The van der Waals surface area contributed by atoms with Gasteiger partial charge in [0.1, 0.15) is 11.6 Å². The fourth-order valence-electron chi connectivity index (χ4n) is 9.24. The van der Waals surface area contributed by atoms with Crippen LogP contribution in [0.4, 0.5) is 10.1 Å². The van der Waals surface area contributed by atoms with Gasteiger partial charge >= 0.3 is 0 Å². The molecule has 0 radical (unpaired) electrons. The Morgan fingerprint density at radius 3 is 2.47 bits per heavy atom. The van der Waals surface area contributed by atoms with Crippen LogP contribution in [0, 0.1) is 40.3 Å². The molecule has 5 heteroatoms. The number of amides is 1. The van der Waals surface area contributed by atoms with Gasteiger partial charge in [-0.05, 0) is 92.4 Å². The third-order valence-electron chi connectivity index (χ3n) is 11.3. The van der Waals surface area contributed by atoms with Gasteiger partial charge in [-0.3, -0.25) is 14.6 Å². The quantitative estimate of drug-likeness (QED) is 0.468. The van der Waals surface area contributed by atoms with E-state index in [2.05, 4.69) is 18.7 Å². The zero-order valence-corrected chi connectivity index (χ0v) is 22.0. The molecule has 1 amide bonds. The number of Topliss-reactive ketones (excluding diaryl/α,β-unsaturated/α-hetero) is 1. The van der Waals surface area contributed by atoms with Crippen molar-refractivity contribution in [2.24, 2.45) is 39.5 Å². The SMILES string of the molecule is C[C@]12CCC(=O)CC1=NC[C@@H]1[C@H]2CC[C@]2(C)C(C(=O)N(c3ccc(F)cc3)C3CCCCC3)CC[C@@H]12. The van der Waals surface area contributed by atoms with Crippen molar-refractivity contribution in [3.63, 3.8) is 0 Å². The van der Waals surface area contributed by atoms with Crippen molar-refractivity contribution in [2.75, 3.05) is 11.4 Å². The van der Waals surface area contributed by atoms with Crippen molar-refractivity contribution >= 4 is 23.1 Å². The molecule has 6 rings (SSSR count). The van der Waals surface area contributed by atoms with Gasteiger partial charge in [0.05, 0.1) is 0 Å². The largest absolute Gasteiger partial charge is 0.309 e. The highest BCUT2D eigenvalue weighted by Gasteiger charge is 2.61. The van der Waals surface area contributed by atoms with Crippen molar-refractivity contribution in [1.29, 1.82) is 0 Å². The number of aliphatic imine (C=N–C) groups is 1. The van der Waals surface area contributed by atoms with E-state index in [1.165, 1.54) is 18.6 Å². The maximum Gasteiger partial charge on any atom is 0.230 e. The Balaban J connectivity index is 1.29. The molecule has 1 unspecified atom stereocenters. The van der Waals surface area contributed by atoms with Crippen molar-refractivity contribution in [1.82, 2.24) is 0 Å². The summed E-state index contributed by atoms with van der Waals surface area (Å²) in [6, 6.07) is 6.81. The highest BCUT2D eigenvalue weighted by Crippen LogP contribution is 2.64. The molecular formula is C31H41FN2O2. The van der Waals surface area contributed by atoms with Crippen LogP contribution in [0.15, 0.2) is 29.3 Å². The van der Waals surface area contributed by atoms with E-state index in [1.807, 2.05) is 0 Å². The predicted molar refractivity (Wildman–Crippen MR) is 141 cm³/mol. The predicted octanol–water partition coefficient (Wildman–Crippen LogP) is 6.76. The van der Waals surface area contributed by atoms with Crippen LogP contribution >= 0.6 is 0 Å². The molecule has 4 aliphatic carbocycles. The lowest BCUT2D eigenvalue weighted by atomic mass is 9.49. The van der Waals surface area contributed by atoms with E-state index in [4.69, 9.17) is 4.99 Å². The normalized spacial score (nSPS) is 38.5. The first-order valence-corrected chi connectivity index (χ1v) is 14.5. The summed E-state index contributed by atoms with van der Waals surface area (Å²) >= 11 is 0. The molecule has 0 spiro atoms. The van der Waals surface area contributed by atoms with Crippen LogP contribution < -0.4 is 4.90 Å². The van der Waals surface area contributed by atoms with Crippen molar-refractivity contribution in [2.45, 2.75) is 96.9 Å². The fourth-order valence-corrected chi connectivity index (χ4v) is 9.24. The van der Waals surface area contributed by atoms with Crippen molar-refractivity contribution < 1.29 is 14.0 Å². The second-order valence-electron chi connectivity index (χ2n) is 12.9. The molecule has 194 valence electrons. The van der Waals surface area contributed by atoms with Crippen LogP contribution in [-0.4, -0.2) is 30.0 Å². The molecule has 5 aliphatic rings. The number of fused-ring (bicyclic) bond motifs is 5. The second-order valence-corrected chi connectivity index (χ2v) is 12.9. The maximum atomic E-state index is 14.4. The fraction of sp³-hybridized carbons (Fsp3) is 0.710. The van der Waals surface area contributed by atoms with Crippen LogP contribution in [0.5, 0.6) is 0 Å². The zero-order chi connectivity index (χ0) is 25.1. The minimum absolute atomic E-state index is 0.0148. The Bertz CT molecular complexity index is 1060. The molecule has 4 nitrogen and oxygen atoms in total. The highest BCUT2D eigenvalue weighted by atomic mass is 19.1. The summed E-state index contributed by atoms with van der Waals surface area (Å²) in [7, 11) is 0. The average molecular weight is 493 g/mol. The number of benzene rings is 1. The summed E-state index contributed by atoms with van der Waals surface area (Å²) in [6.45, 7) is 5.59. The molecule has 1 aromatic carbocycles. The van der Waals surface area contributed by atoms with E-state index in [0.717, 1.165) is 75.7 Å². The standard InChI is InChI=1S/C31H41FN2O2/c1-30-17-15-26-24(19-33-28-18-23(35)14-16-31(26,28)2)25(30)12-13-27(30)29(36)34(21-6-4-3-5-7-21)22-10-8-20(32)9-11-22/h8-11,21,24-27H,3-7,12-19H2,1-2H3/t24-,25-,26+,27?,30-,31+/m0/s1. The van der Waals surface area contributed by atoms with Gasteiger partial charge < -0.3 is 4.90 Å². The van der Waals surface area contributed by atoms with Gasteiger partial charge in [-0.2, -0.15) is 0 Å². The van der Waals surface area contributed by atoms with E-state index in [0.29, 0.717) is 36.4 Å². The molecule has 4 fully saturated rings. The lowest BCUT2D eigenvalue weighted by Crippen LogP contribution is -2.56. The van der Waals surface area contributed by atoms with Crippen LogP contribution in [0.2, 0.25) is 0 Å². The first-order valence-electron chi connectivity index (χ1n) is 14.5. The number of carbonyl (C=O) groups is 2. The Labute approximate surface area is 215 Å². The third-order valence-corrected chi connectivity index (χ3v) is 11.3. The number of ketones is 1. The molecular weight excluding hydrogens is 451 g/mol. The zero-order valence-electron chi connectivity index (χ0n) is 22.0. The summed E-state index contributed by atoms with van der Waals surface area (Å²) in [5.41, 5.74) is 2.07. The molecule has 1 aliphatic heterocycles. The maximum absolute atomic E-state index is 14.4. The summed E-state index contributed by atoms with van der Waals surface area (Å²) in [5.74, 6) is 1.98. The molecule has 0 bridgehead atoms. The number of carbonyl (C=O) groups excluding carboxylic acids is 2. The van der Waals surface area contributed by atoms with Crippen molar-refractivity contribution in [3.8, 4) is 0 Å². The van der Waals surface area contributed by atoms with Crippen LogP contribution in [0.3, 0.4) is 0 Å². The molecule has 4 saturated carbocycles. The lowest BCUT2D eigenvalue weighted by molar-refractivity contribution is -0.130. The van der Waals surface area contributed by atoms with Gasteiger partial charge in [0, 0.05) is 48.2 Å². The number of hydrogen-bond donors (Lipinski definition) is 0. The molecule has 1 heterocycles. The monoisotopic (exact) mass is 492 g/mol. The number of halogens is 1. The van der Waals surface area contributed by atoms with E-state index in [9.17, 15) is 14.0 Å².